The molecule has 6 heteroatoms. The number of aromatic nitrogens is 2. The minimum absolute atomic E-state index is 0.0476. The van der Waals surface area contributed by atoms with Crippen molar-refractivity contribution >= 4 is 23.2 Å². The minimum atomic E-state index is -0.329. The summed E-state index contributed by atoms with van der Waals surface area (Å²) in [5.41, 5.74) is 2.90. The Kier molecular flexibility index (Phi) is 6.53. The number of rotatable bonds is 7. The van der Waals surface area contributed by atoms with Gasteiger partial charge in [0.1, 0.15) is 17.3 Å². The van der Waals surface area contributed by atoms with Crippen LogP contribution in [0, 0.1) is 6.92 Å². The molecule has 0 spiro atoms. The number of carbonyl (C=O) groups excluding carboxylic acids is 2. The summed E-state index contributed by atoms with van der Waals surface area (Å²) >= 11 is 0. The first-order valence-corrected chi connectivity index (χ1v) is 9.71. The van der Waals surface area contributed by atoms with Gasteiger partial charge in [-0.05, 0) is 58.1 Å². The van der Waals surface area contributed by atoms with Crippen molar-refractivity contribution in [2.45, 2.75) is 46.0 Å². The van der Waals surface area contributed by atoms with Crippen molar-refractivity contribution in [3.8, 4) is 0 Å². The average molecular weight is 378 g/mol. The lowest BCUT2D eigenvalue weighted by molar-refractivity contribution is 0.100. The van der Waals surface area contributed by atoms with E-state index in [1.807, 2.05) is 0 Å². The Morgan fingerprint density at radius 3 is 2.75 bits per heavy atom. The highest BCUT2D eigenvalue weighted by atomic mass is 16.2. The summed E-state index contributed by atoms with van der Waals surface area (Å²) in [6.45, 7) is 4.04. The third-order valence-corrected chi connectivity index (χ3v) is 4.73. The van der Waals surface area contributed by atoms with Gasteiger partial charge in [-0.3, -0.25) is 9.59 Å². The Bertz CT molecular complexity index is 905. The second-order valence-corrected chi connectivity index (χ2v) is 7.06. The molecule has 0 bridgehead atoms. The lowest BCUT2D eigenvalue weighted by Gasteiger charge is -2.13. The number of hydrogen-bond donors (Lipinski definition) is 2. The van der Waals surface area contributed by atoms with Gasteiger partial charge in [0, 0.05) is 23.9 Å². The van der Waals surface area contributed by atoms with Crippen LogP contribution >= 0.6 is 0 Å². The zero-order valence-corrected chi connectivity index (χ0v) is 16.4. The van der Waals surface area contributed by atoms with E-state index in [4.69, 9.17) is 0 Å². The van der Waals surface area contributed by atoms with Crippen molar-refractivity contribution in [3.63, 3.8) is 0 Å². The van der Waals surface area contributed by atoms with E-state index in [1.54, 1.807) is 37.3 Å². The van der Waals surface area contributed by atoms with Gasteiger partial charge in [-0.1, -0.05) is 23.8 Å². The van der Waals surface area contributed by atoms with Crippen LogP contribution in [0.5, 0.6) is 0 Å². The van der Waals surface area contributed by atoms with Crippen molar-refractivity contribution < 1.29 is 9.59 Å². The molecule has 1 heterocycles. The molecule has 1 aromatic carbocycles. The van der Waals surface area contributed by atoms with Crippen molar-refractivity contribution in [1.29, 1.82) is 0 Å². The summed E-state index contributed by atoms with van der Waals surface area (Å²) in [5, 5.41) is 6.10. The van der Waals surface area contributed by atoms with Crippen molar-refractivity contribution in [3.05, 3.63) is 59.1 Å². The molecule has 0 fully saturated rings. The maximum absolute atomic E-state index is 12.6. The fourth-order valence-corrected chi connectivity index (χ4v) is 3.27. The SMILES string of the molecule is CC(=O)c1cccc(NC(=O)c2cc(NCCC3=CCCCC3)nc(C)n2)c1. The van der Waals surface area contributed by atoms with Crippen LogP contribution in [0.1, 0.15) is 65.7 Å². The number of amides is 1. The Labute approximate surface area is 165 Å². The highest BCUT2D eigenvalue weighted by molar-refractivity contribution is 6.04. The molecular weight excluding hydrogens is 352 g/mol. The van der Waals surface area contributed by atoms with Crippen molar-refractivity contribution in [2.24, 2.45) is 0 Å². The number of ketones is 1. The van der Waals surface area contributed by atoms with Crippen LogP contribution in [0.2, 0.25) is 0 Å². The van der Waals surface area contributed by atoms with Crippen LogP contribution in [0.25, 0.3) is 0 Å². The molecule has 0 aliphatic heterocycles. The molecule has 1 aromatic heterocycles. The van der Waals surface area contributed by atoms with Gasteiger partial charge in [-0.15, -0.1) is 0 Å². The van der Waals surface area contributed by atoms with E-state index in [0.717, 1.165) is 13.0 Å². The fraction of sp³-hybridized carbons (Fsp3) is 0.364. The summed E-state index contributed by atoms with van der Waals surface area (Å²) in [7, 11) is 0. The van der Waals surface area contributed by atoms with Crippen LogP contribution in [-0.2, 0) is 0 Å². The highest BCUT2D eigenvalue weighted by Gasteiger charge is 2.12. The van der Waals surface area contributed by atoms with Crippen LogP contribution in [0.3, 0.4) is 0 Å². The third kappa shape index (κ3) is 5.49. The Morgan fingerprint density at radius 1 is 1.14 bits per heavy atom. The maximum Gasteiger partial charge on any atom is 0.274 e. The molecule has 1 aliphatic carbocycles. The Balaban J connectivity index is 1.64. The number of Topliss-reactive ketones (excluding diaryl/α,β-unsaturated/α-hetero) is 1. The molecule has 0 saturated heterocycles. The van der Waals surface area contributed by atoms with E-state index < -0.39 is 0 Å². The van der Waals surface area contributed by atoms with Gasteiger partial charge in [0.15, 0.2) is 5.78 Å². The van der Waals surface area contributed by atoms with Gasteiger partial charge in [-0.2, -0.15) is 0 Å². The summed E-state index contributed by atoms with van der Waals surface area (Å²) in [6, 6.07) is 8.52. The molecule has 6 nitrogen and oxygen atoms in total. The Hall–Kier alpha value is -3.02. The number of nitrogens with zero attached hydrogens (tertiary/aromatic N) is 2. The molecule has 1 aliphatic rings. The number of aryl methyl sites for hydroxylation is 1. The lowest BCUT2D eigenvalue weighted by atomic mass is 9.97. The minimum Gasteiger partial charge on any atom is -0.370 e. The molecule has 146 valence electrons. The topological polar surface area (TPSA) is 84.0 Å². The molecular formula is C22H26N4O2. The number of hydrogen-bond acceptors (Lipinski definition) is 5. The first kappa shape index (κ1) is 19.7. The summed E-state index contributed by atoms with van der Waals surface area (Å²) < 4.78 is 0. The number of carbonyl (C=O) groups is 2. The maximum atomic E-state index is 12.6. The van der Waals surface area contributed by atoms with E-state index in [1.165, 1.54) is 38.2 Å². The summed E-state index contributed by atoms with van der Waals surface area (Å²) in [4.78, 5) is 32.7. The first-order valence-electron chi connectivity index (χ1n) is 9.71. The van der Waals surface area contributed by atoms with Crippen LogP contribution < -0.4 is 10.6 Å². The largest absolute Gasteiger partial charge is 0.370 e. The van der Waals surface area contributed by atoms with E-state index in [2.05, 4.69) is 26.7 Å². The fourth-order valence-electron chi connectivity index (χ4n) is 3.27. The first-order chi connectivity index (χ1) is 13.5. The zero-order valence-electron chi connectivity index (χ0n) is 16.4. The molecule has 0 atom stereocenters. The van der Waals surface area contributed by atoms with Crippen LogP contribution in [0.4, 0.5) is 11.5 Å². The van der Waals surface area contributed by atoms with E-state index in [-0.39, 0.29) is 11.7 Å². The summed E-state index contributed by atoms with van der Waals surface area (Å²) in [5.74, 6) is 0.800. The molecule has 3 rings (SSSR count). The average Bonchev–Trinajstić information content (AvgIpc) is 2.68. The van der Waals surface area contributed by atoms with Gasteiger partial charge in [-0.25, -0.2) is 9.97 Å². The molecule has 1 amide bonds. The quantitative estimate of drug-likeness (QED) is 0.546. The normalized spacial score (nSPS) is 13.6. The van der Waals surface area contributed by atoms with Crippen molar-refractivity contribution in [1.82, 2.24) is 9.97 Å². The lowest BCUT2D eigenvalue weighted by Crippen LogP contribution is -2.16. The number of benzene rings is 1. The number of anilines is 2. The summed E-state index contributed by atoms with van der Waals surface area (Å²) in [6.07, 6.45) is 8.24. The second kappa shape index (κ2) is 9.26. The van der Waals surface area contributed by atoms with E-state index in [9.17, 15) is 9.59 Å². The van der Waals surface area contributed by atoms with E-state index >= 15 is 0 Å². The molecule has 0 unspecified atom stereocenters. The predicted molar refractivity (Wildman–Crippen MR) is 111 cm³/mol. The smallest absolute Gasteiger partial charge is 0.274 e. The van der Waals surface area contributed by atoms with Gasteiger partial charge in [0.05, 0.1) is 0 Å². The van der Waals surface area contributed by atoms with Crippen molar-refractivity contribution in [2.75, 3.05) is 17.2 Å². The predicted octanol–water partition coefficient (Wildman–Crippen LogP) is 4.54. The molecule has 0 radical (unpaired) electrons. The van der Waals surface area contributed by atoms with Gasteiger partial charge in [0.2, 0.25) is 0 Å². The van der Waals surface area contributed by atoms with Crippen LogP contribution in [-0.4, -0.2) is 28.2 Å². The van der Waals surface area contributed by atoms with Gasteiger partial charge in [0.25, 0.3) is 5.91 Å². The molecule has 28 heavy (non-hydrogen) atoms. The zero-order chi connectivity index (χ0) is 19.9. The third-order valence-electron chi connectivity index (χ3n) is 4.73. The number of allylic oxidation sites excluding steroid dienone is 1. The van der Waals surface area contributed by atoms with Gasteiger partial charge < -0.3 is 10.6 Å². The monoisotopic (exact) mass is 378 g/mol. The molecule has 0 saturated carbocycles. The van der Waals surface area contributed by atoms with Crippen LogP contribution in [0.15, 0.2) is 42.0 Å². The molecule has 2 N–H and O–H groups in total. The van der Waals surface area contributed by atoms with Gasteiger partial charge >= 0.3 is 0 Å². The highest BCUT2D eigenvalue weighted by Crippen LogP contribution is 2.20. The number of nitrogens with one attached hydrogen (secondary N) is 2. The standard InChI is InChI=1S/C22H26N4O2/c1-15(27)18-9-6-10-19(13-18)26-22(28)20-14-21(25-16(2)24-20)23-12-11-17-7-4-3-5-8-17/h6-7,9-10,13-14H,3-5,8,11-12H2,1-2H3,(H,26,28)(H,23,24,25). The Morgan fingerprint density at radius 2 is 2.00 bits per heavy atom. The second-order valence-electron chi connectivity index (χ2n) is 7.06. The molecule has 2 aromatic rings. The van der Waals surface area contributed by atoms with E-state index in [0.29, 0.717) is 28.6 Å².